The number of carboxylic acid groups (broad SMARTS) is 1. The first kappa shape index (κ1) is 12.4. The second-order valence-corrected chi connectivity index (χ2v) is 3.91. The van der Waals surface area contributed by atoms with Gasteiger partial charge >= 0.3 is 18.1 Å². The topological polar surface area (TPSA) is 86.3 Å². The standard InChI is InChI=1S/C9H8F3N3O3/c10-9(11,12)8(18)15-2-4(3-15)6-5(7(16)17)1-13-14-6/h1,4H,2-3H2,(H,13,14)(H,16,17). The lowest BCUT2D eigenvalue weighted by atomic mass is 9.93. The lowest BCUT2D eigenvalue weighted by molar-refractivity contribution is -0.189. The van der Waals surface area contributed by atoms with Crippen LogP contribution in [0.4, 0.5) is 13.2 Å². The number of halogens is 3. The van der Waals surface area contributed by atoms with E-state index in [9.17, 15) is 22.8 Å². The molecule has 18 heavy (non-hydrogen) atoms. The van der Waals surface area contributed by atoms with Crippen LogP contribution in [0.25, 0.3) is 0 Å². The monoisotopic (exact) mass is 263 g/mol. The zero-order chi connectivity index (χ0) is 13.5. The van der Waals surface area contributed by atoms with E-state index in [0.29, 0.717) is 4.90 Å². The van der Waals surface area contributed by atoms with E-state index in [4.69, 9.17) is 5.11 Å². The normalized spacial score (nSPS) is 16.5. The van der Waals surface area contributed by atoms with Crippen LogP contribution in [0.3, 0.4) is 0 Å². The zero-order valence-corrected chi connectivity index (χ0v) is 8.86. The Morgan fingerprint density at radius 1 is 1.44 bits per heavy atom. The third kappa shape index (κ3) is 2.03. The lowest BCUT2D eigenvalue weighted by Gasteiger charge is -2.39. The number of hydrogen-bond donors (Lipinski definition) is 2. The van der Waals surface area contributed by atoms with Gasteiger partial charge in [0, 0.05) is 19.0 Å². The summed E-state index contributed by atoms with van der Waals surface area (Å²) in [6.07, 6.45) is -3.81. The maximum atomic E-state index is 12.1. The van der Waals surface area contributed by atoms with E-state index < -0.39 is 24.0 Å². The summed E-state index contributed by atoms with van der Waals surface area (Å²) in [5.41, 5.74) is 0.160. The molecule has 0 bridgehead atoms. The summed E-state index contributed by atoms with van der Waals surface area (Å²) in [7, 11) is 0. The SMILES string of the molecule is O=C(O)c1cn[nH]c1C1CN(C(=O)C(F)(F)F)C1. The Hall–Kier alpha value is -2.06. The van der Waals surface area contributed by atoms with E-state index in [1.165, 1.54) is 0 Å². The van der Waals surface area contributed by atoms with Gasteiger partial charge in [0.25, 0.3) is 0 Å². The largest absolute Gasteiger partial charge is 0.478 e. The van der Waals surface area contributed by atoms with Gasteiger partial charge in [0.2, 0.25) is 0 Å². The zero-order valence-electron chi connectivity index (χ0n) is 8.86. The smallest absolute Gasteiger partial charge is 0.471 e. The highest BCUT2D eigenvalue weighted by Crippen LogP contribution is 2.31. The maximum Gasteiger partial charge on any atom is 0.471 e. The highest BCUT2D eigenvalue weighted by atomic mass is 19.4. The van der Waals surface area contributed by atoms with Crippen LogP contribution in [-0.4, -0.2) is 51.3 Å². The fourth-order valence-electron chi connectivity index (χ4n) is 1.78. The Morgan fingerprint density at radius 3 is 2.56 bits per heavy atom. The molecule has 1 fully saturated rings. The Balaban J connectivity index is 2.03. The first-order chi connectivity index (χ1) is 8.30. The molecule has 6 nitrogen and oxygen atoms in total. The van der Waals surface area contributed by atoms with Crippen LogP contribution in [0.2, 0.25) is 0 Å². The molecule has 0 unspecified atom stereocenters. The number of nitrogens with zero attached hydrogens (tertiary/aromatic N) is 2. The van der Waals surface area contributed by atoms with Crippen LogP contribution in [0.5, 0.6) is 0 Å². The van der Waals surface area contributed by atoms with Crippen molar-refractivity contribution in [1.29, 1.82) is 0 Å². The molecule has 2 N–H and O–H groups in total. The number of aromatic nitrogens is 2. The molecule has 1 aromatic rings. The molecule has 0 aromatic carbocycles. The van der Waals surface area contributed by atoms with Gasteiger partial charge in [-0.2, -0.15) is 18.3 Å². The lowest BCUT2D eigenvalue weighted by Crippen LogP contribution is -2.53. The summed E-state index contributed by atoms with van der Waals surface area (Å²) in [5.74, 6) is -3.57. The van der Waals surface area contributed by atoms with Crippen molar-refractivity contribution in [1.82, 2.24) is 15.1 Å². The van der Waals surface area contributed by atoms with Gasteiger partial charge in [-0.25, -0.2) is 4.79 Å². The summed E-state index contributed by atoms with van der Waals surface area (Å²) in [6, 6.07) is 0. The van der Waals surface area contributed by atoms with Crippen LogP contribution in [0.1, 0.15) is 22.0 Å². The predicted octanol–water partition coefficient (Wildman–Crippen LogP) is 0.596. The second-order valence-electron chi connectivity index (χ2n) is 3.91. The Labute approximate surface area is 98.4 Å². The summed E-state index contributed by atoms with van der Waals surface area (Å²) in [5, 5.41) is 14.8. The van der Waals surface area contributed by atoms with Gasteiger partial charge < -0.3 is 10.0 Å². The molecule has 0 aliphatic carbocycles. The van der Waals surface area contributed by atoms with E-state index in [2.05, 4.69) is 10.2 Å². The third-order valence-corrected chi connectivity index (χ3v) is 2.72. The first-order valence-electron chi connectivity index (χ1n) is 4.93. The predicted molar refractivity (Wildman–Crippen MR) is 50.9 cm³/mol. The molecule has 1 aromatic heterocycles. The van der Waals surface area contributed by atoms with E-state index in [0.717, 1.165) is 6.20 Å². The Kier molecular flexibility index (Phi) is 2.76. The number of alkyl halides is 3. The van der Waals surface area contributed by atoms with Crippen molar-refractivity contribution in [2.45, 2.75) is 12.1 Å². The summed E-state index contributed by atoms with van der Waals surface area (Å²) >= 11 is 0. The number of aromatic carboxylic acids is 1. The minimum atomic E-state index is -4.89. The molecule has 0 radical (unpaired) electrons. The van der Waals surface area contributed by atoms with E-state index >= 15 is 0 Å². The summed E-state index contributed by atoms with van der Waals surface area (Å²) < 4.78 is 36.3. The number of likely N-dealkylation sites (tertiary alicyclic amines) is 1. The second kappa shape index (κ2) is 4.00. The van der Waals surface area contributed by atoms with Crippen molar-refractivity contribution in [3.05, 3.63) is 17.5 Å². The minimum Gasteiger partial charge on any atom is -0.478 e. The average molecular weight is 263 g/mol. The molecule has 9 heteroatoms. The van der Waals surface area contributed by atoms with Gasteiger partial charge in [0.05, 0.1) is 11.9 Å². The number of aromatic amines is 1. The number of amides is 1. The molecule has 2 rings (SSSR count). The molecule has 1 aliphatic heterocycles. The Bertz CT molecular complexity index is 491. The molecule has 0 spiro atoms. The number of nitrogens with one attached hydrogen (secondary N) is 1. The van der Waals surface area contributed by atoms with Crippen molar-refractivity contribution < 1.29 is 27.9 Å². The summed E-state index contributed by atoms with van der Waals surface area (Å²) in [4.78, 5) is 22.2. The minimum absolute atomic E-state index is 0.0842. The fourth-order valence-corrected chi connectivity index (χ4v) is 1.78. The maximum absolute atomic E-state index is 12.1. The van der Waals surface area contributed by atoms with E-state index in [-0.39, 0.29) is 24.3 Å². The molecule has 1 amide bonds. The number of carbonyl (C=O) groups is 2. The number of hydrogen-bond acceptors (Lipinski definition) is 3. The fraction of sp³-hybridized carbons (Fsp3) is 0.444. The molecule has 0 atom stereocenters. The van der Waals surface area contributed by atoms with Gasteiger partial charge in [-0.15, -0.1) is 0 Å². The third-order valence-electron chi connectivity index (χ3n) is 2.72. The average Bonchev–Trinajstić information content (AvgIpc) is 2.62. The van der Waals surface area contributed by atoms with E-state index in [1.54, 1.807) is 0 Å². The van der Waals surface area contributed by atoms with Crippen LogP contribution < -0.4 is 0 Å². The van der Waals surface area contributed by atoms with Crippen LogP contribution >= 0.6 is 0 Å². The highest BCUT2D eigenvalue weighted by molar-refractivity contribution is 5.89. The van der Waals surface area contributed by atoms with Gasteiger partial charge in [0.15, 0.2) is 0 Å². The van der Waals surface area contributed by atoms with Gasteiger partial charge in [0.1, 0.15) is 5.56 Å². The van der Waals surface area contributed by atoms with Crippen LogP contribution in [-0.2, 0) is 4.79 Å². The van der Waals surface area contributed by atoms with Crippen LogP contribution in [0, 0.1) is 0 Å². The molecular weight excluding hydrogens is 255 g/mol. The van der Waals surface area contributed by atoms with Crippen molar-refractivity contribution >= 4 is 11.9 Å². The molecular formula is C9H8F3N3O3. The van der Waals surface area contributed by atoms with Crippen molar-refractivity contribution in [3.8, 4) is 0 Å². The van der Waals surface area contributed by atoms with Crippen LogP contribution in [0.15, 0.2) is 6.20 Å². The quantitative estimate of drug-likeness (QED) is 0.817. The van der Waals surface area contributed by atoms with Gasteiger partial charge in [-0.3, -0.25) is 9.89 Å². The Morgan fingerprint density at radius 2 is 2.06 bits per heavy atom. The van der Waals surface area contributed by atoms with Crippen molar-refractivity contribution in [3.63, 3.8) is 0 Å². The van der Waals surface area contributed by atoms with Gasteiger partial charge in [-0.05, 0) is 0 Å². The summed E-state index contributed by atoms with van der Waals surface area (Å²) in [6.45, 7) is -0.332. The molecule has 2 heterocycles. The highest BCUT2D eigenvalue weighted by Gasteiger charge is 2.47. The number of rotatable bonds is 2. The van der Waals surface area contributed by atoms with Crippen molar-refractivity contribution in [2.75, 3.05) is 13.1 Å². The molecule has 1 aliphatic rings. The van der Waals surface area contributed by atoms with Crippen molar-refractivity contribution in [2.24, 2.45) is 0 Å². The number of H-pyrrole nitrogens is 1. The molecule has 98 valence electrons. The van der Waals surface area contributed by atoms with Gasteiger partial charge in [-0.1, -0.05) is 0 Å². The number of carboxylic acids is 1. The molecule has 0 saturated carbocycles. The van der Waals surface area contributed by atoms with E-state index in [1.807, 2.05) is 0 Å². The molecule has 1 saturated heterocycles. The number of carbonyl (C=O) groups excluding carboxylic acids is 1. The first-order valence-corrected chi connectivity index (χ1v) is 4.93.